The largest absolute Gasteiger partial charge is 0.355 e. The Morgan fingerprint density at radius 2 is 2.05 bits per heavy atom. The van der Waals surface area contributed by atoms with Crippen molar-refractivity contribution >= 4 is 15.9 Å². The molecule has 1 aromatic rings. The number of nitrogens with one attached hydrogen (secondary N) is 2. The summed E-state index contributed by atoms with van der Waals surface area (Å²) in [6.45, 7) is 3.37. The lowest BCUT2D eigenvalue weighted by Crippen LogP contribution is -2.33. The summed E-state index contributed by atoms with van der Waals surface area (Å²) < 4.78 is 26.2. The molecule has 2 N–H and O–H groups in total. The lowest BCUT2D eigenvalue weighted by molar-refractivity contribution is -0.118. The number of rotatable bonds is 5. The van der Waals surface area contributed by atoms with Crippen molar-refractivity contribution in [2.45, 2.75) is 18.7 Å². The minimum Gasteiger partial charge on any atom is -0.355 e. The van der Waals surface area contributed by atoms with Gasteiger partial charge in [0.2, 0.25) is 15.9 Å². The molecule has 7 heteroatoms. The minimum atomic E-state index is -3.62. The standard InChI is InChI=1S/C12H15N3O3S/c1-9-7-12(4-3-11(9)8-13)19(17,18)15-6-5-14-10(2)16/h3-4,7,15H,5-6H2,1-2H3,(H,14,16). The fourth-order valence-corrected chi connectivity index (χ4v) is 2.55. The van der Waals surface area contributed by atoms with Gasteiger partial charge in [-0.1, -0.05) is 0 Å². The summed E-state index contributed by atoms with van der Waals surface area (Å²) in [5, 5.41) is 11.3. The number of aryl methyl sites for hydroxylation is 1. The monoisotopic (exact) mass is 281 g/mol. The topological polar surface area (TPSA) is 99.1 Å². The van der Waals surface area contributed by atoms with E-state index in [4.69, 9.17) is 5.26 Å². The van der Waals surface area contributed by atoms with Crippen LogP contribution in [0.15, 0.2) is 23.1 Å². The molecule has 0 spiro atoms. The normalized spacial score (nSPS) is 10.8. The Bertz CT molecular complexity index is 618. The van der Waals surface area contributed by atoms with Crippen LogP contribution >= 0.6 is 0 Å². The molecule has 0 aliphatic carbocycles. The highest BCUT2D eigenvalue weighted by molar-refractivity contribution is 7.89. The van der Waals surface area contributed by atoms with Crippen LogP contribution in [-0.4, -0.2) is 27.4 Å². The molecule has 0 aliphatic rings. The zero-order valence-electron chi connectivity index (χ0n) is 10.7. The Morgan fingerprint density at radius 1 is 1.37 bits per heavy atom. The van der Waals surface area contributed by atoms with Crippen molar-refractivity contribution in [1.29, 1.82) is 5.26 Å². The van der Waals surface area contributed by atoms with Crippen LogP contribution in [0.1, 0.15) is 18.1 Å². The quantitative estimate of drug-likeness (QED) is 0.757. The van der Waals surface area contributed by atoms with E-state index in [0.29, 0.717) is 11.1 Å². The first kappa shape index (κ1) is 15.1. The van der Waals surface area contributed by atoms with Gasteiger partial charge in [-0.2, -0.15) is 5.26 Å². The summed E-state index contributed by atoms with van der Waals surface area (Å²) in [5.74, 6) is -0.214. The Hall–Kier alpha value is -1.91. The third-order valence-electron chi connectivity index (χ3n) is 2.42. The summed E-state index contributed by atoms with van der Waals surface area (Å²) in [6.07, 6.45) is 0. The van der Waals surface area contributed by atoms with Crippen molar-refractivity contribution in [3.8, 4) is 6.07 Å². The Balaban J connectivity index is 2.75. The van der Waals surface area contributed by atoms with Gasteiger partial charge in [0.15, 0.2) is 0 Å². The van der Waals surface area contributed by atoms with Crippen molar-refractivity contribution in [3.05, 3.63) is 29.3 Å². The zero-order chi connectivity index (χ0) is 14.5. The van der Waals surface area contributed by atoms with Crippen molar-refractivity contribution in [2.24, 2.45) is 0 Å². The second-order valence-electron chi connectivity index (χ2n) is 3.97. The SMILES string of the molecule is CC(=O)NCCNS(=O)(=O)c1ccc(C#N)c(C)c1. The van der Waals surface area contributed by atoms with Gasteiger partial charge >= 0.3 is 0 Å². The number of sulfonamides is 1. The van der Waals surface area contributed by atoms with Crippen molar-refractivity contribution < 1.29 is 13.2 Å². The molecular weight excluding hydrogens is 266 g/mol. The molecule has 0 fully saturated rings. The summed E-state index contributed by atoms with van der Waals surface area (Å²) in [7, 11) is -3.62. The highest BCUT2D eigenvalue weighted by Gasteiger charge is 2.14. The Morgan fingerprint density at radius 3 is 2.58 bits per heavy atom. The number of hydrogen-bond acceptors (Lipinski definition) is 4. The van der Waals surface area contributed by atoms with Crippen LogP contribution in [0, 0.1) is 18.3 Å². The average Bonchev–Trinajstić information content (AvgIpc) is 2.34. The van der Waals surface area contributed by atoms with Gasteiger partial charge in [0.1, 0.15) is 0 Å². The van der Waals surface area contributed by atoms with E-state index in [2.05, 4.69) is 10.0 Å². The Kier molecular flexibility index (Phi) is 5.03. The highest BCUT2D eigenvalue weighted by atomic mass is 32.2. The number of nitriles is 1. The van der Waals surface area contributed by atoms with Crippen LogP contribution in [0.25, 0.3) is 0 Å². The van der Waals surface area contributed by atoms with E-state index >= 15 is 0 Å². The predicted octanol–water partition coefficient (Wildman–Crippen LogP) is 0.281. The van der Waals surface area contributed by atoms with Gasteiger partial charge in [0.05, 0.1) is 16.5 Å². The summed E-state index contributed by atoms with van der Waals surface area (Å²) in [5.41, 5.74) is 1.05. The van der Waals surface area contributed by atoms with Gasteiger partial charge < -0.3 is 5.32 Å². The third-order valence-corrected chi connectivity index (χ3v) is 3.88. The minimum absolute atomic E-state index is 0.104. The van der Waals surface area contributed by atoms with E-state index in [9.17, 15) is 13.2 Å². The number of carbonyl (C=O) groups excluding carboxylic acids is 1. The maximum atomic E-state index is 11.9. The summed E-state index contributed by atoms with van der Waals surface area (Å²) in [6, 6.07) is 6.27. The molecular formula is C12H15N3O3S. The maximum absolute atomic E-state index is 11.9. The predicted molar refractivity (Wildman–Crippen MR) is 69.8 cm³/mol. The molecule has 6 nitrogen and oxygen atoms in total. The lowest BCUT2D eigenvalue weighted by atomic mass is 10.1. The van der Waals surface area contributed by atoms with E-state index in [1.165, 1.54) is 25.1 Å². The number of nitrogens with zero attached hydrogens (tertiary/aromatic N) is 1. The molecule has 0 radical (unpaired) electrons. The van der Waals surface area contributed by atoms with Crippen LogP contribution in [0.2, 0.25) is 0 Å². The van der Waals surface area contributed by atoms with Gasteiger partial charge in [0.25, 0.3) is 0 Å². The fraction of sp³-hybridized carbons (Fsp3) is 0.333. The molecule has 0 atom stereocenters. The van der Waals surface area contributed by atoms with Crippen LogP contribution in [0.4, 0.5) is 0 Å². The molecule has 1 amide bonds. The second-order valence-corrected chi connectivity index (χ2v) is 5.74. The van der Waals surface area contributed by atoms with Gasteiger partial charge in [-0.15, -0.1) is 0 Å². The van der Waals surface area contributed by atoms with Crippen molar-refractivity contribution in [3.63, 3.8) is 0 Å². The van der Waals surface area contributed by atoms with Crippen molar-refractivity contribution in [2.75, 3.05) is 13.1 Å². The first-order chi connectivity index (χ1) is 8.86. The fourth-order valence-electron chi connectivity index (χ4n) is 1.44. The number of amides is 1. The molecule has 102 valence electrons. The molecule has 0 saturated heterocycles. The first-order valence-electron chi connectivity index (χ1n) is 5.61. The second kappa shape index (κ2) is 6.31. The highest BCUT2D eigenvalue weighted by Crippen LogP contribution is 2.14. The van der Waals surface area contributed by atoms with Gasteiger partial charge in [-0.3, -0.25) is 4.79 Å². The number of carbonyl (C=O) groups is 1. The van der Waals surface area contributed by atoms with E-state index in [0.717, 1.165) is 0 Å². The zero-order valence-corrected chi connectivity index (χ0v) is 11.5. The molecule has 0 aliphatic heterocycles. The van der Waals surface area contributed by atoms with Crippen LogP contribution in [0.3, 0.4) is 0 Å². The molecule has 0 saturated carbocycles. The molecule has 0 unspecified atom stereocenters. The molecule has 0 aromatic heterocycles. The van der Waals surface area contributed by atoms with E-state index in [1.807, 2.05) is 6.07 Å². The number of hydrogen-bond donors (Lipinski definition) is 2. The van der Waals surface area contributed by atoms with E-state index in [1.54, 1.807) is 6.92 Å². The lowest BCUT2D eigenvalue weighted by Gasteiger charge is -2.08. The molecule has 1 aromatic carbocycles. The molecule has 19 heavy (non-hydrogen) atoms. The summed E-state index contributed by atoms with van der Waals surface area (Å²) in [4.78, 5) is 10.7. The van der Waals surface area contributed by atoms with Gasteiger partial charge in [0, 0.05) is 20.0 Å². The molecule has 1 rings (SSSR count). The van der Waals surface area contributed by atoms with Crippen molar-refractivity contribution in [1.82, 2.24) is 10.0 Å². The molecule has 0 heterocycles. The van der Waals surface area contributed by atoms with Crippen LogP contribution in [0.5, 0.6) is 0 Å². The van der Waals surface area contributed by atoms with Crippen LogP contribution in [-0.2, 0) is 14.8 Å². The van der Waals surface area contributed by atoms with Gasteiger partial charge in [-0.25, -0.2) is 13.1 Å². The smallest absolute Gasteiger partial charge is 0.240 e. The average molecular weight is 281 g/mol. The first-order valence-corrected chi connectivity index (χ1v) is 7.10. The molecule has 0 bridgehead atoms. The maximum Gasteiger partial charge on any atom is 0.240 e. The van der Waals surface area contributed by atoms with E-state index < -0.39 is 10.0 Å². The Labute approximate surface area is 112 Å². The van der Waals surface area contributed by atoms with Crippen LogP contribution < -0.4 is 10.0 Å². The van der Waals surface area contributed by atoms with E-state index in [-0.39, 0.29) is 23.9 Å². The third kappa shape index (κ3) is 4.35. The number of benzene rings is 1. The summed E-state index contributed by atoms with van der Waals surface area (Å²) >= 11 is 0. The van der Waals surface area contributed by atoms with Gasteiger partial charge in [-0.05, 0) is 30.7 Å².